The van der Waals surface area contributed by atoms with Gasteiger partial charge >= 0.3 is 0 Å². The van der Waals surface area contributed by atoms with E-state index in [-0.39, 0.29) is 30.2 Å². The molecule has 3 amide bonds. The highest BCUT2D eigenvalue weighted by atomic mass is 35.5. The van der Waals surface area contributed by atoms with Crippen molar-refractivity contribution >= 4 is 52.3 Å². The average molecular weight is 448 g/mol. The van der Waals surface area contributed by atoms with Crippen LogP contribution >= 0.6 is 23.2 Å². The van der Waals surface area contributed by atoms with Crippen LogP contribution in [-0.4, -0.2) is 35.7 Å². The molecule has 30 heavy (non-hydrogen) atoms. The SMILES string of the molecule is CCCN(CC(=O)Nc1cc(Cl)ccc1Cl)C(=O)c1cccc(NC(=O)C2CC2)c1. The molecule has 0 aromatic heterocycles. The first-order valence-corrected chi connectivity index (χ1v) is 10.6. The van der Waals surface area contributed by atoms with Crippen LogP contribution in [0.25, 0.3) is 0 Å². The van der Waals surface area contributed by atoms with Crippen LogP contribution in [0.5, 0.6) is 0 Å². The Bertz CT molecular complexity index is 960. The number of benzene rings is 2. The highest BCUT2D eigenvalue weighted by molar-refractivity contribution is 6.35. The molecule has 0 spiro atoms. The van der Waals surface area contributed by atoms with Crippen molar-refractivity contribution in [3.8, 4) is 0 Å². The van der Waals surface area contributed by atoms with Crippen LogP contribution in [0, 0.1) is 5.92 Å². The number of carbonyl (C=O) groups excluding carboxylic acids is 3. The number of hydrogen-bond acceptors (Lipinski definition) is 3. The Kier molecular flexibility index (Phi) is 7.34. The molecule has 1 fully saturated rings. The number of hydrogen-bond donors (Lipinski definition) is 2. The molecule has 158 valence electrons. The minimum atomic E-state index is -0.376. The lowest BCUT2D eigenvalue weighted by atomic mass is 10.1. The van der Waals surface area contributed by atoms with Gasteiger partial charge < -0.3 is 15.5 Å². The van der Waals surface area contributed by atoms with Gasteiger partial charge in [-0.05, 0) is 55.7 Å². The van der Waals surface area contributed by atoms with E-state index in [1.807, 2.05) is 6.92 Å². The van der Waals surface area contributed by atoms with Gasteiger partial charge in [-0.15, -0.1) is 0 Å². The summed E-state index contributed by atoms with van der Waals surface area (Å²) in [6.45, 7) is 2.21. The quantitative estimate of drug-likeness (QED) is 0.607. The molecule has 0 unspecified atom stereocenters. The van der Waals surface area contributed by atoms with E-state index < -0.39 is 0 Å². The van der Waals surface area contributed by atoms with Gasteiger partial charge in [-0.2, -0.15) is 0 Å². The van der Waals surface area contributed by atoms with Crippen molar-refractivity contribution in [1.82, 2.24) is 4.90 Å². The highest BCUT2D eigenvalue weighted by Gasteiger charge is 2.29. The summed E-state index contributed by atoms with van der Waals surface area (Å²) in [6.07, 6.45) is 2.50. The highest BCUT2D eigenvalue weighted by Crippen LogP contribution is 2.30. The minimum absolute atomic E-state index is 0.0252. The second-order valence-electron chi connectivity index (χ2n) is 7.24. The predicted molar refractivity (Wildman–Crippen MR) is 119 cm³/mol. The molecule has 6 nitrogen and oxygen atoms in total. The van der Waals surface area contributed by atoms with Crippen molar-refractivity contribution in [2.75, 3.05) is 23.7 Å². The molecule has 2 aromatic carbocycles. The van der Waals surface area contributed by atoms with Gasteiger partial charge in [-0.3, -0.25) is 14.4 Å². The third-order valence-electron chi connectivity index (χ3n) is 4.64. The number of nitrogens with one attached hydrogen (secondary N) is 2. The Morgan fingerprint density at radius 2 is 1.83 bits per heavy atom. The molecule has 1 aliphatic rings. The Balaban J connectivity index is 1.68. The van der Waals surface area contributed by atoms with Crippen molar-refractivity contribution in [3.05, 3.63) is 58.1 Å². The zero-order valence-corrected chi connectivity index (χ0v) is 18.1. The van der Waals surface area contributed by atoms with Gasteiger partial charge in [-0.1, -0.05) is 36.2 Å². The molecule has 0 saturated heterocycles. The predicted octanol–water partition coefficient (Wildman–Crippen LogP) is 4.83. The lowest BCUT2D eigenvalue weighted by Crippen LogP contribution is -2.38. The maximum atomic E-state index is 13.0. The third kappa shape index (κ3) is 5.97. The van der Waals surface area contributed by atoms with Gasteiger partial charge in [0.1, 0.15) is 6.54 Å². The standard InChI is InChI=1S/C22H23Cl2N3O3/c1-2-10-27(13-20(28)26-19-12-16(23)8-9-18(19)24)22(30)15-4-3-5-17(11-15)25-21(29)14-6-7-14/h3-5,8-9,11-12,14H,2,6-7,10,13H2,1H3,(H,25,29)(H,26,28). The molecule has 0 radical (unpaired) electrons. The number of rotatable bonds is 8. The topological polar surface area (TPSA) is 78.5 Å². The minimum Gasteiger partial charge on any atom is -0.329 e. The molecule has 0 bridgehead atoms. The molecular weight excluding hydrogens is 425 g/mol. The molecule has 0 aliphatic heterocycles. The monoisotopic (exact) mass is 447 g/mol. The normalized spacial score (nSPS) is 12.9. The first-order chi connectivity index (χ1) is 14.4. The Morgan fingerprint density at radius 1 is 1.07 bits per heavy atom. The maximum Gasteiger partial charge on any atom is 0.254 e. The summed E-state index contributed by atoms with van der Waals surface area (Å²) in [5.41, 5.74) is 1.37. The second-order valence-corrected chi connectivity index (χ2v) is 8.09. The van der Waals surface area contributed by atoms with E-state index in [1.54, 1.807) is 42.5 Å². The smallest absolute Gasteiger partial charge is 0.254 e. The molecular formula is C22H23Cl2N3O3. The summed E-state index contributed by atoms with van der Waals surface area (Å²) in [4.78, 5) is 39.0. The Labute approximate surface area is 185 Å². The summed E-state index contributed by atoms with van der Waals surface area (Å²) in [5.74, 6) is -0.614. The lowest BCUT2D eigenvalue weighted by molar-refractivity contribution is -0.117. The summed E-state index contributed by atoms with van der Waals surface area (Å²) in [6, 6.07) is 11.5. The fourth-order valence-electron chi connectivity index (χ4n) is 2.98. The number of halogens is 2. The van der Waals surface area contributed by atoms with E-state index in [0.29, 0.717) is 39.9 Å². The van der Waals surface area contributed by atoms with Crippen molar-refractivity contribution in [1.29, 1.82) is 0 Å². The van der Waals surface area contributed by atoms with Crippen molar-refractivity contribution in [2.24, 2.45) is 5.92 Å². The average Bonchev–Trinajstić information content (AvgIpc) is 3.55. The maximum absolute atomic E-state index is 13.0. The molecule has 2 N–H and O–H groups in total. The zero-order valence-electron chi connectivity index (χ0n) is 16.6. The number of carbonyl (C=O) groups is 3. The largest absolute Gasteiger partial charge is 0.329 e. The fourth-order valence-corrected chi connectivity index (χ4v) is 3.32. The second kappa shape index (κ2) is 9.96. The van der Waals surface area contributed by atoms with Gasteiger partial charge in [-0.25, -0.2) is 0 Å². The Morgan fingerprint density at radius 3 is 2.53 bits per heavy atom. The number of amides is 3. The fraction of sp³-hybridized carbons (Fsp3) is 0.318. The van der Waals surface area contributed by atoms with Gasteiger partial charge in [0.2, 0.25) is 11.8 Å². The molecule has 8 heteroatoms. The Hall–Kier alpha value is -2.57. The van der Waals surface area contributed by atoms with E-state index in [9.17, 15) is 14.4 Å². The van der Waals surface area contributed by atoms with E-state index in [2.05, 4.69) is 10.6 Å². The van der Waals surface area contributed by atoms with Gasteiger partial charge in [0.05, 0.1) is 10.7 Å². The third-order valence-corrected chi connectivity index (χ3v) is 5.21. The van der Waals surface area contributed by atoms with Crippen LogP contribution in [0.4, 0.5) is 11.4 Å². The summed E-state index contributed by atoms with van der Waals surface area (Å²) < 4.78 is 0. The van der Waals surface area contributed by atoms with Gasteiger partial charge in [0, 0.05) is 28.7 Å². The van der Waals surface area contributed by atoms with Crippen molar-refractivity contribution in [3.63, 3.8) is 0 Å². The van der Waals surface area contributed by atoms with Gasteiger partial charge in [0.25, 0.3) is 5.91 Å². The van der Waals surface area contributed by atoms with Crippen LogP contribution in [0.1, 0.15) is 36.5 Å². The van der Waals surface area contributed by atoms with E-state index in [0.717, 1.165) is 12.8 Å². The van der Waals surface area contributed by atoms with E-state index in [1.165, 1.54) is 4.90 Å². The van der Waals surface area contributed by atoms with E-state index >= 15 is 0 Å². The lowest BCUT2D eigenvalue weighted by Gasteiger charge is -2.22. The van der Waals surface area contributed by atoms with Crippen LogP contribution in [0.2, 0.25) is 10.0 Å². The summed E-state index contributed by atoms with van der Waals surface area (Å²) >= 11 is 12.0. The first-order valence-electron chi connectivity index (χ1n) is 9.82. The number of anilines is 2. The number of nitrogens with zero attached hydrogens (tertiary/aromatic N) is 1. The zero-order chi connectivity index (χ0) is 21.7. The molecule has 2 aromatic rings. The first kappa shape index (κ1) is 22.1. The van der Waals surface area contributed by atoms with Crippen molar-refractivity contribution < 1.29 is 14.4 Å². The molecule has 0 heterocycles. The molecule has 0 atom stereocenters. The molecule has 3 rings (SSSR count). The summed E-state index contributed by atoms with van der Waals surface area (Å²) in [5, 5.41) is 6.34. The van der Waals surface area contributed by atoms with Crippen molar-refractivity contribution in [2.45, 2.75) is 26.2 Å². The van der Waals surface area contributed by atoms with Gasteiger partial charge in [0.15, 0.2) is 0 Å². The summed E-state index contributed by atoms with van der Waals surface area (Å²) in [7, 11) is 0. The van der Waals surface area contributed by atoms with Crippen LogP contribution in [0.15, 0.2) is 42.5 Å². The van der Waals surface area contributed by atoms with E-state index in [4.69, 9.17) is 23.2 Å². The van der Waals surface area contributed by atoms with Crippen LogP contribution in [0.3, 0.4) is 0 Å². The molecule has 1 saturated carbocycles. The van der Waals surface area contributed by atoms with Crippen LogP contribution in [-0.2, 0) is 9.59 Å². The van der Waals surface area contributed by atoms with Crippen LogP contribution < -0.4 is 10.6 Å². The molecule has 1 aliphatic carbocycles.